The molecule has 6 saturated carbocycles. The fraction of sp³-hybridized carbons (Fsp3) is 0.857. The molecular weight excluding hydrogens is 566 g/mol. The standard InChI is InChI=1S/C42H68P2/c1-32(43(33-22-10-11-23-33)34-24-12-13-25-34)38-30-42(3,41(2)28-16-17-29-41)31-39(38)37-26-14-15-27-40(37)44(35-18-6-4-7-19-35)36-20-8-5-9-21-36/h14-15,26-27,32-36,38-39H,4-13,16-25,28-31H2,1-3H3/t32-,38?,39?,42+/m0/s1. The summed E-state index contributed by atoms with van der Waals surface area (Å²) in [7, 11) is 0.0853. The molecule has 4 atom stereocenters. The number of hydrogen-bond acceptors (Lipinski definition) is 0. The van der Waals surface area contributed by atoms with Gasteiger partial charge in [0.05, 0.1) is 0 Å². The minimum atomic E-state index is -0.0484. The van der Waals surface area contributed by atoms with E-state index in [4.69, 9.17) is 0 Å². The lowest BCUT2D eigenvalue weighted by atomic mass is 9.62. The quantitative estimate of drug-likeness (QED) is 0.237. The fourth-order valence-corrected chi connectivity index (χ4v) is 21.1. The smallest absolute Gasteiger partial charge is 0.0116 e. The maximum atomic E-state index is 2.86. The lowest BCUT2D eigenvalue weighted by molar-refractivity contribution is 0.0766. The predicted octanol–water partition coefficient (Wildman–Crippen LogP) is 13.3. The maximum Gasteiger partial charge on any atom is -0.0116 e. The van der Waals surface area contributed by atoms with Crippen LogP contribution in [0.25, 0.3) is 0 Å². The van der Waals surface area contributed by atoms with Gasteiger partial charge in [0.2, 0.25) is 0 Å². The van der Waals surface area contributed by atoms with Gasteiger partial charge in [-0.1, -0.05) is 138 Å². The van der Waals surface area contributed by atoms with E-state index in [0.717, 1.165) is 40.1 Å². The first kappa shape index (κ1) is 32.6. The lowest BCUT2D eigenvalue weighted by Crippen LogP contribution is -2.34. The average molecular weight is 635 g/mol. The molecule has 1 aromatic rings. The van der Waals surface area contributed by atoms with Crippen molar-refractivity contribution in [1.82, 2.24) is 0 Å². The van der Waals surface area contributed by atoms with Gasteiger partial charge < -0.3 is 0 Å². The first-order chi connectivity index (χ1) is 21.5. The Morgan fingerprint density at radius 3 is 1.59 bits per heavy atom. The molecule has 0 saturated heterocycles. The molecule has 6 fully saturated rings. The Labute approximate surface area is 276 Å². The van der Waals surface area contributed by atoms with E-state index in [2.05, 4.69) is 45.0 Å². The highest BCUT2D eigenvalue weighted by Gasteiger charge is 2.56. The molecule has 0 aliphatic heterocycles. The first-order valence-electron chi connectivity index (χ1n) is 20.1. The average Bonchev–Trinajstić information content (AvgIpc) is 3.88. The Balaban J connectivity index is 1.28. The molecule has 1 aromatic carbocycles. The summed E-state index contributed by atoms with van der Waals surface area (Å²) in [5.74, 6) is 1.73. The molecule has 0 aromatic heterocycles. The molecule has 0 amide bonds. The number of rotatable bonds is 9. The molecule has 0 radical (unpaired) electrons. The zero-order chi connectivity index (χ0) is 30.1. The Morgan fingerprint density at radius 1 is 0.568 bits per heavy atom. The third-order valence-electron chi connectivity index (χ3n) is 15.2. The molecule has 0 spiro atoms. The molecule has 0 heterocycles. The topological polar surface area (TPSA) is 0 Å². The molecule has 0 bridgehead atoms. The first-order valence-corrected chi connectivity index (χ1v) is 23.2. The van der Waals surface area contributed by atoms with Crippen molar-refractivity contribution in [3.05, 3.63) is 29.8 Å². The van der Waals surface area contributed by atoms with Crippen LogP contribution in [0.1, 0.15) is 186 Å². The summed E-state index contributed by atoms with van der Waals surface area (Å²) in [6, 6.07) is 10.4. The highest BCUT2D eigenvalue weighted by molar-refractivity contribution is 7.67. The highest BCUT2D eigenvalue weighted by atomic mass is 31.1. The van der Waals surface area contributed by atoms with Gasteiger partial charge >= 0.3 is 0 Å². The second-order valence-corrected chi connectivity index (χ2v) is 23.5. The van der Waals surface area contributed by atoms with Crippen LogP contribution in [-0.2, 0) is 0 Å². The van der Waals surface area contributed by atoms with Gasteiger partial charge in [0, 0.05) is 0 Å². The number of benzene rings is 1. The van der Waals surface area contributed by atoms with Crippen molar-refractivity contribution in [1.29, 1.82) is 0 Å². The second-order valence-electron chi connectivity index (χ2n) is 17.6. The van der Waals surface area contributed by atoms with Crippen molar-refractivity contribution in [3.63, 3.8) is 0 Å². The van der Waals surface area contributed by atoms with Crippen LogP contribution in [0.4, 0.5) is 0 Å². The Morgan fingerprint density at radius 2 is 1.05 bits per heavy atom. The Hall–Kier alpha value is 0.0800. The maximum absolute atomic E-state index is 2.86. The van der Waals surface area contributed by atoms with Gasteiger partial charge in [0.1, 0.15) is 0 Å². The van der Waals surface area contributed by atoms with Gasteiger partial charge in [0.15, 0.2) is 0 Å². The molecule has 7 rings (SSSR count). The predicted molar refractivity (Wildman–Crippen MR) is 198 cm³/mol. The van der Waals surface area contributed by atoms with E-state index in [0.29, 0.717) is 10.8 Å². The largest absolute Gasteiger partial charge is 0.0971 e. The van der Waals surface area contributed by atoms with Crippen molar-refractivity contribution >= 4 is 21.1 Å². The van der Waals surface area contributed by atoms with Gasteiger partial charge in [0.25, 0.3) is 0 Å². The minimum Gasteiger partial charge on any atom is -0.0971 e. The molecule has 6 aliphatic carbocycles. The lowest BCUT2D eigenvalue weighted by Gasteiger charge is -2.43. The van der Waals surface area contributed by atoms with Crippen LogP contribution in [-0.4, -0.2) is 28.3 Å². The van der Waals surface area contributed by atoms with Crippen LogP contribution < -0.4 is 5.30 Å². The van der Waals surface area contributed by atoms with E-state index in [9.17, 15) is 0 Å². The van der Waals surface area contributed by atoms with Crippen LogP contribution in [0, 0.1) is 16.7 Å². The number of hydrogen-bond donors (Lipinski definition) is 0. The van der Waals surface area contributed by atoms with Gasteiger partial charge in [-0.3, -0.25) is 0 Å². The highest BCUT2D eigenvalue weighted by Crippen LogP contribution is 2.70. The van der Waals surface area contributed by atoms with Crippen LogP contribution in [0.5, 0.6) is 0 Å². The van der Waals surface area contributed by atoms with Gasteiger partial charge in [-0.15, -0.1) is 0 Å². The van der Waals surface area contributed by atoms with Gasteiger partial charge in [-0.25, -0.2) is 0 Å². The SMILES string of the molecule is C[C@@H](C1C[C@@](C)(C2(C)CCCC2)CC1c1ccccc1P(C1CCCCC1)C1CCCCC1)P(C1CCCC1)C1CCCC1. The van der Waals surface area contributed by atoms with E-state index < -0.39 is 0 Å². The van der Waals surface area contributed by atoms with Crippen molar-refractivity contribution < 1.29 is 0 Å². The molecule has 2 unspecified atom stereocenters. The molecular formula is C42H68P2. The molecule has 6 aliphatic rings. The molecule has 246 valence electrons. The van der Waals surface area contributed by atoms with Crippen LogP contribution in [0.15, 0.2) is 24.3 Å². The van der Waals surface area contributed by atoms with Crippen LogP contribution in [0.2, 0.25) is 0 Å². The summed E-state index contributed by atoms with van der Waals surface area (Å²) in [5, 5.41) is 1.94. The zero-order valence-corrected chi connectivity index (χ0v) is 31.0. The molecule has 44 heavy (non-hydrogen) atoms. The van der Waals surface area contributed by atoms with Crippen molar-refractivity contribution in [2.75, 3.05) is 0 Å². The normalized spacial score (nSPS) is 33.7. The Bertz CT molecular complexity index is 1020. The van der Waals surface area contributed by atoms with E-state index in [1.54, 1.807) is 25.7 Å². The summed E-state index contributed by atoms with van der Waals surface area (Å²) in [6.45, 7) is 8.43. The van der Waals surface area contributed by atoms with Crippen LogP contribution in [0.3, 0.4) is 0 Å². The van der Waals surface area contributed by atoms with E-state index in [1.165, 1.54) is 128 Å². The van der Waals surface area contributed by atoms with Crippen molar-refractivity contribution in [2.24, 2.45) is 16.7 Å². The molecule has 0 N–H and O–H groups in total. The third kappa shape index (κ3) is 6.43. The zero-order valence-electron chi connectivity index (χ0n) is 29.2. The molecule has 2 heteroatoms. The monoisotopic (exact) mass is 634 g/mol. The summed E-state index contributed by atoms with van der Waals surface area (Å²) >= 11 is 0. The summed E-state index contributed by atoms with van der Waals surface area (Å²) in [5.41, 5.74) is 8.15. The van der Waals surface area contributed by atoms with Gasteiger partial charge in [-0.05, 0) is 139 Å². The van der Waals surface area contributed by atoms with E-state index in [-0.39, 0.29) is 15.8 Å². The van der Waals surface area contributed by atoms with E-state index >= 15 is 0 Å². The summed E-state index contributed by atoms with van der Waals surface area (Å²) in [6.07, 6.45) is 36.6. The fourth-order valence-electron chi connectivity index (χ4n) is 12.5. The van der Waals surface area contributed by atoms with Gasteiger partial charge in [-0.2, -0.15) is 0 Å². The van der Waals surface area contributed by atoms with Crippen molar-refractivity contribution in [3.8, 4) is 0 Å². The summed E-state index contributed by atoms with van der Waals surface area (Å²) < 4.78 is 0. The third-order valence-corrected chi connectivity index (χ3v) is 22.8. The van der Waals surface area contributed by atoms with E-state index in [1.807, 2.05) is 10.9 Å². The van der Waals surface area contributed by atoms with Crippen LogP contribution >= 0.6 is 15.8 Å². The summed E-state index contributed by atoms with van der Waals surface area (Å²) in [4.78, 5) is 0. The Kier molecular flexibility index (Phi) is 10.6. The molecule has 0 nitrogen and oxygen atoms in total. The van der Waals surface area contributed by atoms with Crippen molar-refractivity contribution in [2.45, 2.75) is 209 Å². The minimum absolute atomic E-state index is 0.0484. The second kappa shape index (κ2) is 14.3.